The lowest BCUT2D eigenvalue weighted by Crippen LogP contribution is -2.50. The molecule has 0 spiro atoms. The summed E-state index contributed by atoms with van der Waals surface area (Å²) in [7, 11) is 0. The fourth-order valence-corrected chi connectivity index (χ4v) is 6.32. The quantitative estimate of drug-likeness (QED) is 0.274. The molecule has 0 saturated heterocycles. The molecule has 1 aliphatic heterocycles. The molecule has 1 N–H and O–H groups in total. The van der Waals surface area contributed by atoms with Gasteiger partial charge in [0.25, 0.3) is 0 Å². The summed E-state index contributed by atoms with van der Waals surface area (Å²) in [5.41, 5.74) is 4.75. The first kappa shape index (κ1) is 29.8. The van der Waals surface area contributed by atoms with E-state index in [0.29, 0.717) is 23.8 Å². The number of benzene rings is 3. The highest BCUT2D eigenvalue weighted by Gasteiger charge is 2.46. The zero-order valence-electron chi connectivity index (χ0n) is 23.5. The first-order valence-electron chi connectivity index (χ1n) is 13.5. The summed E-state index contributed by atoms with van der Waals surface area (Å²) in [6.07, 6.45) is 3.88. The second-order valence-electron chi connectivity index (χ2n) is 10.0. The maximum absolute atomic E-state index is 13.8. The van der Waals surface area contributed by atoms with E-state index in [0.717, 1.165) is 28.7 Å². The van der Waals surface area contributed by atoms with Crippen LogP contribution < -0.4 is 5.32 Å². The number of allylic oxidation sites excluding steroid dienone is 1. The zero-order chi connectivity index (χ0) is 28.6. The number of carbonyl (C=O) groups is 2. The maximum atomic E-state index is 13.8. The van der Waals surface area contributed by atoms with Crippen LogP contribution in [-0.2, 0) is 29.1 Å². The van der Waals surface area contributed by atoms with Crippen LogP contribution in [0.25, 0.3) is 11.1 Å². The summed E-state index contributed by atoms with van der Waals surface area (Å²) in [5, 5.41) is 3.67. The van der Waals surface area contributed by atoms with Gasteiger partial charge >= 0.3 is 6.03 Å². The van der Waals surface area contributed by atoms with Gasteiger partial charge in [-0.1, -0.05) is 98.8 Å². The summed E-state index contributed by atoms with van der Waals surface area (Å²) < 4.78 is 12.1. The minimum atomic E-state index is -1.31. The Morgan fingerprint density at radius 3 is 2.12 bits per heavy atom. The summed E-state index contributed by atoms with van der Waals surface area (Å²) in [4.78, 5) is 31.2. The largest absolute Gasteiger partial charge is 0.616 e. The molecule has 0 fully saturated rings. The molecule has 2 amide bonds. The molecule has 0 saturated carbocycles. The van der Waals surface area contributed by atoms with Gasteiger partial charge < -0.3 is 14.8 Å². The van der Waals surface area contributed by atoms with Crippen molar-refractivity contribution in [3.8, 4) is 11.1 Å². The van der Waals surface area contributed by atoms with E-state index >= 15 is 0 Å². The molecule has 3 unspecified atom stereocenters. The van der Waals surface area contributed by atoms with E-state index in [4.69, 9.17) is 0 Å². The number of hydrogen-bond donors (Lipinski definition) is 1. The number of urea groups is 1. The van der Waals surface area contributed by atoms with Crippen molar-refractivity contribution in [2.75, 3.05) is 18.3 Å². The Balaban J connectivity index is 1.69. The predicted octanol–water partition coefficient (Wildman–Crippen LogP) is 6.23. The molecule has 0 aromatic heterocycles. The van der Waals surface area contributed by atoms with Crippen LogP contribution in [0, 0.1) is 5.92 Å². The Kier molecular flexibility index (Phi) is 10.4. The number of amides is 2. The van der Waals surface area contributed by atoms with Crippen molar-refractivity contribution in [1.82, 2.24) is 15.1 Å². The van der Waals surface area contributed by atoms with Gasteiger partial charge in [-0.05, 0) is 52.0 Å². The van der Waals surface area contributed by atoms with E-state index in [1.807, 2.05) is 54.8 Å². The average Bonchev–Trinajstić information content (AvgIpc) is 3.30. The van der Waals surface area contributed by atoms with E-state index in [2.05, 4.69) is 60.5 Å². The van der Waals surface area contributed by atoms with Crippen molar-refractivity contribution in [3.63, 3.8) is 0 Å². The molecule has 4 rings (SSSR count). The number of carbonyl (C=O) groups excluding carboxylic acids is 2. The van der Waals surface area contributed by atoms with Crippen LogP contribution in [0.2, 0.25) is 0 Å². The summed E-state index contributed by atoms with van der Waals surface area (Å²) in [5.74, 6) is -0.224. The molecular formula is C32H37N3O3S2. The van der Waals surface area contributed by atoms with Crippen LogP contribution in [0.1, 0.15) is 31.4 Å². The fraction of sp³-hybridized carbons (Fsp3) is 0.312. The molecule has 0 aliphatic carbocycles. The molecule has 3 aromatic rings. The zero-order valence-corrected chi connectivity index (χ0v) is 25.1. The summed E-state index contributed by atoms with van der Waals surface area (Å²) in [6.45, 7) is 5.04. The Labute approximate surface area is 245 Å². The van der Waals surface area contributed by atoms with Crippen LogP contribution in [-0.4, -0.2) is 50.6 Å². The highest BCUT2D eigenvalue weighted by atomic mass is 32.2. The lowest BCUT2D eigenvalue weighted by molar-refractivity contribution is -0.115. The number of Topliss-reactive ketones (excluding diaryl/α,β-unsaturated/α-hetero) is 1. The molecule has 1 aliphatic rings. The SMILES string of the molecule is CCC(C)C1N(Cc2ccc(-c3ccccc3)cc2)C(C(=O)C[S+](C)[O-])=C(SC)N1C(=O)NCc1ccccc1. The number of nitrogens with zero attached hydrogens (tertiary/aromatic N) is 2. The Hall–Kier alpha value is -3.20. The summed E-state index contributed by atoms with van der Waals surface area (Å²) in [6, 6.07) is 28.1. The third-order valence-corrected chi connectivity index (χ3v) is 8.60. The van der Waals surface area contributed by atoms with Crippen LogP contribution >= 0.6 is 11.8 Å². The van der Waals surface area contributed by atoms with Crippen molar-refractivity contribution in [3.05, 3.63) is 107 Å². The van der Waals surface area contributed by atoms with Gasteiger partial charge in [0.05, 0.1) is 6.26 Å². The third-order valence-electron chi connectivity index (χ3n) is 7.16. The fourth-order valence-electron chi connectivity index (χ4n) is 5.00. The van der Waals surface area contributed by atoms with Crippen LogP contribution in [0.5, 0.6) is 0 Å². The van der Waals surface area contributed by atoms with Crippen LogP contribution in [0.15, 0.2) is 95.7 Å². The van der Waals surface area contributed by atoms with E-state index < -0.39 is 11.2 Å². The smallest absolute Gasteiger partial charge is 0.324 e. The Morgan fingerprint density at radius 1 is 0.950 bits per heavy atom. The highest BCUT2D eigenvalue weighted by molar-refractivity contribution is 8.02. The number of ketones is 1. The molecule has 6 nitrogen and oxygen atoms in total. The first-order valence-corrected chi connectivity index (χ1v) is 16.4. The van der Waals surface area contributed by atoms with Gasteiger partial charge in [0.2, 0.25) is 5.78 Å². The molecule has 1 heterocycles. The molecule has 0 radical (unpaired) electrons. The molecule has 40 heavy (non-hydrogen) atoms. The average molecular weight is 576 g/mol. The standard InChI is InChI=1S/C32H37N3O3S2/c1-5-23(2)30-34(21-25-16-18-27(19-17-25)26-14-10-7-11-15-26)29(28(36)22-40(4)38)31(39-3)35(30)32(37)33-20-24-12-8-6-9-13-24/h6-19,23,30H,5,20-22H2,1-4H3,(H,33,37). The van der Waals surface area contributed by atoms with Gasteiger partial charge in [-0.15, -0.1) is 11.8 Å². The molecular weight excluding hydrogens is 539 g/mol. The highest BCUT2D eigenvalue weighted by Crippen LogP contribution is 2.41. The second kappa shape index (κ2) is 13.9. The molecule has 3 aromatic carbocycles. The monoisotopic (exact) mass is 575 g/mol. The van der Waals surface area contributed by atoms with Gasteiger partial charge in [-0.25, -0.2) is 4.79 Å². The van der Waals surface area contributed by atoms with Crippen molar-refractivity contribution in [1.29, 1.82) is 0 Å². The topological polar surface area (TPSA) is 75.7 Å². The predicted molar refractivity (Wildman–Crippen MR) is 166 cm³/mol. The lowest BCUT2D eigenvalue weighted by Gasteiger charge is -2.37. The van der Waals surface area contributed by atoms with Crippen molar-refractivity contribution in [2.24, 2.45) is 5.92 Å². The van der Waals surface area contributed by atoms with E-state index in [9.17, 15) is 14.1 Å². The molecule has 0 bridgehead atoms. The van der Waals surface area contributed by atoms with Crippen molar-refractivity contribution < 1.29 is 14.1 Å². The summed E-state index contributed by atoms with van der Waals surface area (Å²) >= 11 is 0.0760. The van der Waals surface area contributed by atoms with Crippen LogP contribution in [0.3, 0.4) is 0 Å². The van der Waals surface area contributed by atoms with E-state index in [1.54, 1.807) is 4.90 Å². The number of nitrogens with one attached hydrogen (secondary N) is 1. The second-order valence-corrected chi connectivity index (χ2v) is 12.2. The molecule has 210 valence electrons. The van der Waals surface area contributed by atoms with Gasteiger partial charge in [0.15, 0.2) is 5.75 Å². The van der Waals surface area contributed by atoms with Gasteiger partial charge in [0, 0.05) is 13.1 Å². The number of thioether (sulfide) groups is 1. The van der Waals surface area contributed by atoms with Gasteiger partial charge in [-0.2, -0.15) is 0 Å². The Morgan fingerprint density at radius 2 is 1.55 bits per heavy atom. The van der Waals surface area contributed by atoms with Crippen molar-refractivity contribution in [2.45, 2.75) is 39.5 Å². The maximum Gasteiger partial charge on any atom is 0.324 e. The first-order chi connectivity index (χ1) is 19.3. The normalized spacial score (nSPS) is 16.7. The van der Waals surface area contributed by atoms with E-state index in [1.165, 1.54) is 18.0 Å². The number of rotatable bonds is 11. The minimum Gasteiger partial charge on any atom is -0.616 e. The molecule has 3 atom stereocenters. The minimum absolute atomic E-state index is 0.0747. The molecule has 8 heteroatoms. The third kappa shape index (κ3) is 6.92. The van der Waals surface area contributed by atoms with Crippen molar-refractivity contribution >= 4 is 34.8 Å². The number of hydrogen-bond acceptors (Lipinski definition) is 5. The Bertz CT molecular complexity index is 1310. The van der Waals surface area contributed by atoms with Crippen LogP contribution in [0.4, 0.5) is 4.79 Å². The van der Waals surface area contributed by atoms with Gasteiger partial charge in [-0.3, -0.25) is 9.69 Å². The lowest BCUT2D eigenvalue weighted by atomic mass is 10.0. The van der Waals surface area contributed by atoms with E-state index in [-0.39, 0.29) is 29.7 Å². The van der Waals surface area contributed by atoms with Gasteiger partial charge in [0.1, 0.15) is 16.9 Å².